The number of unbranched alkanes of at least 4 members (excludes halogenated alkanes) is 10. The molecule has 0 aliphatic carbocycles. The van der Waals surface area contributed by atoms with E-state index in [1.54, 1.807) is 0 Å². The zero-order valence-electron chi connectivity index (χ0n) is 24.4. The highest BCUT2D eigenvalue weighted by atomic mass is 79.9. The molecule has 5 heteroatoms. The van der Waals surface area contributed by atoms with Gasteiger partial charge in [0.05, 0.1) is 12.2 Å². The fourth-order valence-electron chi connectivity index (χ4n) is 4.41. The first-order valence-electron chi connectivity index (χ1n) is 15.5. The van der Waals surface area contributed by atoms with Crippen LogP contribution < -0.4 is 0 Å². The molecule has 0 spiro atoms. The molecule has 0 aliphatic rings. The Morgan fingerprint density at radius 2 is 0.865 bits per heavy atom. The Morgan fingerprint density at radius 1 is 0.486 bits per heavy atom. The molecule has 0 saturated heterocycles. The summed E-state index contributed by atoms with van der Waals surface area (Å²) >= 11 is 6.98. The van der Waals surface area contributed by atoms with Gasteiger partial charge in [-0.1, -0.05) is 147 Å². The molecule has 37 heavy (non-hydrogen) atoms. The van der Waals surface area contributed by atoms with Crippen molar-refractivity contribution < 1.29 is 14.2 Å². The molecule has 0 N–H and O–H groups in total. The summed E-state index contributed by atoms with van der Waals surface area (Å²) < 4.78 is 18.1. The maximum absolute atomic E-state index is 6.16. The van der Waals surface area contributed by atoms with Crippen LogP contribution in [0, 0.1) is 0 Å². The first-order valence-corrected chi connectivity index (χ1v) is 17.8. The van der Waals surface area contributed by atoms with Crippen LogP contribution in [-0.4, -0.2) is 36.5 Å². The van der Waals surface area contributed by atoms with Crippen LogP contribution in [0.15, 0.2) is 24.3 Å². The monoisotopic (exact) mass is 650 g/mol. The van der Waals surface area contributed by atoms with Crippen LogP contribution in [0.4, 0.5) is 0 Å². The molecular weight excluding hydrogens is 592 g/mol. The zero-order valence-corrected chi connectivity index (χ0v) is 27.6. The van der Waals surface area contributed by atoms with Gasteiger partial charge in [0.15, 0.2) is 0 Å². The molecule has 0 amide bonds. The van der Waals surface area contributed by atoms with E-state index in [-0.39, 0.29) is 12.2 Å². The minimum Gasteiger partial charge on any atom is -0.352 e. The van der Waals surface area contributed by atoms with Gasteiger partial charge in [0.25, 0.3) is 0 Å². The van der Waals surface area contributed by atoms with Crippen LogP contribution in [0.5, 0.6) is 0 Å². The normalized spacial score (nSPS) is 13.7. The molecule has 0 saturated carbocycles. The molecule has 3 nitrogen and oxygen atoms in total. The highest BCUT2D eigenvalue weighted by Crippen LogP contribution is 2.17. The van der Waals surface area contributed by atoms with Crippen molar-refractivity contribution >= 4 is 31.9 Å². The van der Waals surface area contributed by atoms with Crippen LogP contribution in [0.2, 0.25) is 0 Å². The number of alkyl halides is 2. The van der Waals surface area contributed by atoms with Crippen molar-refractivity contribution in [2.24, 2.45) is 0 Å². The smallest absolute Gasteiger partial charge is 0.149 e. The molecule has 0 aromatic heterocycles. The first kappa shape index (κ1) is 37.3. The molecule has 2 atom stereocenters. The summed E-state index contributed by atoms with van der Waals surface area (Å²) in [7, 11) is 0. The van der Waals surface area contributed by atoms with E-state index in [9.17, 15) is 0 Å². The van der Waals surface area contributed by atoms with Crippen molar-refractivity contribution in [1.29, 1.82) is 0 Å². The van der Waals surface area contributed by atoms with Crippen LogP contribution in [0.3, 0.4) is 0 Å². The number of halogens is 2. The summed E-state index contributed by atoms with van der Waals surface area (Å²) in [6.07, 6.45) is 34.3. The summed E-state index contributed by atoms with van der Waals surface area (Å²) in [6, 6.07) is 0. The fraction of sp³-hybridized carbons (Fsp3) is 0.875. The Bertz CT molecular complexity index is 443. The van der Waals surface area contributed by atoms with Gasteiger partial charge >= 0.3 is 0 Å². The van der Waals surface area contributed by atoms with Gasteiger partial charge in [-0.2, -0.15) is 0 Å². The number of allylic oxidation sites excluding steroid dienone is 4. The van der Waals surface area contributed by atoms with E-state index >= 15 is 0 Å². The topological polar surface area (TPSA) is 27.7 Å². The highest BCUT2D eigenvalue weighted by Gasteiger charge is 2.11. The second kappa shape index (κ2) is 32.5. The average molecular weight is 653 g/mol. The van der Waals surface area contributed by atoms with Gasteiger partial charge in [-0.15, -0.1) is 0 Å². The molecule has 0 aromatic rings. The summed E-state index contributed by atoms with van der Waals surface area (Å²) in [5, 5.41) is 2.06. The molecule has 0 heterocycles. The quantitative estimate of drug-likeness (QED) is 0.0335. The predicted molar refractivity (Wildman–Crippen MR) is 170 cm³/mol. The first-order chi connectivity index (χ1) is 18.3. The van der Waals surface area contributed by atoms with Gasteiger partial charge in [0.2, 0.25) is 0 Å². The zero-order chi connectivity index (χ0) is 27.1. The lowest BCUT2D eigenvalue weighted by Crippen LogP contribution is -2.19. The van der Waals surface area contributed by atoms with Gasteiger partial charge in [0, 0.05) is 10.7 Å². The van der Waals surface area contributed by atoms with E-state index in [4.69, 9.17) is 14.2 Å². The number of rotatable bonds is 30. The number of hydrogen-bond acceptors (Lipinski definition) is 3. The molecule has 0 bridgehead atoms. The van der Waals surface area contributed by atoms with Crippen LogP contribution in [-0.2, 0) is 14.2 Å². The average Bonchev–Trinajstić information content (AvgIpc) is 2.91. The Labute approximate surface area is 248 Å². The molecule has 220 valence electrons. The molecule has 2 unspecified atom stereocenters. The lowest BCUT2D eigenvalue weighted by molar-refractivity contribution is -0.167. The third-order valence-corrected chi connectivity index (χ3v) is 7.64. The SMILES string of the molecule is CCCCCCCCC(CC/C=C/CCBr)OCOCOC(CC/C=C/CCBr)CCCCCCCC. The van der Waals surface area contributed by atoms with Crippen molar-refractivity contribution in [3.8, 4) is 0 Å². The van der Waals surface area contributed by atoms with Crippen LogP contribution in [0.25, 0.3) is 0 Å². The van der Waals surface area contributed by atoms with E-state index < -0.39 is 0 Å². The number of hydrogen-bond donors (Lipinski definition) is 0. The minimum absolute atomic E-state index is 0.276. The van der Waals surface area contributed by atoms with E-state index in [1.807, 2.05) is 0 Å². The van der Waals surface area contributed by atoms with E-state index in [2.05, 4.69) is 70.0 Å². The van der Waals surface area contributed by atoms with E-state index in [0.717, 1.165) is 62.0 Å². The largest absolute Gasteiger partial charge is 0.352 e. The Balaban J connectivity index is 4.33. The molecule has 0 aromatic carbocycles. The third kappa shape index (κ3) is 29.1. The molecular formula is C32H60Br2O3. The minimum atomic E-state index is 0.276. The van der Waals surface area contributed by atoms with E-state index in [1.165, 1.54) is 77.0 Å². The van der Waals surface area contributed by atoms with Gasteiger partial charge in [0.1, 0.15) is 13.6 Å². The fourth-order valence-corrected chi connectivity index (χ4v) is 4.94. The summed E-state index contributed by atoms with van der Waals surface area (Å²) in [5.74, 6) is 0. The molecule has 0 rings (SSSR count). The van der Waals surface area contributed by atoms with E-state index in [0.29, 0.717) is 13.6 Å². The summed E-state index contributed by atoms with van der Waals surface area (Å²) in [5.41, 5.74) is 0. The van der Waals surface area contributed by atoms with Crippen molar-refractivity contribution in [2.45, 2.75) is 154 Å². The predicted octanol–water partition coefficient (Wildman–Crippen LogP) is 11.4. The van der Waals surface area contributed by atoms with Gasteiger partial charge in [-0.05, 0) is 51.4 Å². The molecule has 0 fully saturated rings. The lowest BCUT2D eigenvalue weighted by atomic mass is 10.0. The van der Waals surface area contributed by atoms with Crippen molar-refractivity contribution in [1.82, 2.24) is 0 Å². The Hall–Kier alpha value is 0.320. The van der Waals surface area contributed by atoms with Gasteiger partial charge in [-0.3, -0.25) is 0 Å². The van der Waals surface area contributed by atoms with Crippen molar-refractivity contribution in [2.75, 3.05) is 24.2 Å². The third-order valence-electron chi connectivity index (χ3n) is 6.73. The highest BCUT2D eigenvalue weighted by molar-refractivity contribution is 9.09. The molecule has 0 aliphatic heterocycles. The van der Waals surface area contributed by atoms with Crippen molar-refractivity contribution in [3.63, 3.8) is 0 Å². The number of ether oxygens (including phenoxy) is 3. The summed E-state index contributed by atoms with van der Waals surface area (Å²) in [6.45, 7) is 5.22. The maximum Gasteiger partial charge on any atom is 0.149 e. The maximum atomic E-state index is 6.16. The van der Waals surface area contributed by atoms with Crippen molar-refractivity contribution in [3.05, 3.63) is 24.3 Å². The second-order valence-electron chi connectivity index (χ2n) is 10.2. The Kier molecular flexibility index (Phi) is 32.8. The Morgan fingerprint density at radius 3 is 1.27 bits per heavy atom. The van der Waals surface area contributed by atoms with Gasteiger partial charge in [-0.25, -0.2) is 0 Å². The van der Waals surface area contributed by atoms with Gasteiger partial charge < -0.3 is 14.2 Å². The lowest BCUT2D eigenvalue weighted by Gasteiger charge is -2.20. The van der Waals surface area contributed by atoms with Crippen LogP contribution >= 0.6 is 31.9 Å². The molecule has 0 radical (unpaired) electrons. The standard InChI is InChI=1S/C32H60Br2O3/c1-3-5-7-9-11-17-23-31(25-19-13-15-21-27-33)36-29-35-30-37-32(26-20-14-16-22-28-34)24-18-12-10-8-6-4-2/h13-16,31-32H,3-12,17-30H2,1-2H3/b15-13+,16-14+. The summed E-state index contributed by atoms with van der Waals surface area (Å²) in [4.78, 5) is 0. The second-order valence-corrected chi connectivity index (χ2v) is 11.8. The van der Waals surface area contributed by atoms with Crippen LogP contribution in [0.1, 0.15) is 142 Å².